The Kier molecular flexibility index (Phi) is 8.10. The molecule has 1 N–H and O–H groups in total. The zero-order valence-corrected chi connectivity index (χ0v) is 20.6. The fourth-order valence-electron chi connectivity index (χ4n) is 3.84. The lowest BCUT2D eigenvalue weighted by atomic mass is 10.0. The number of esters is 1. The number of oxime groups is 1. The van der Waals surface area contributed by atoms with Crippen LogP contribution in [0, 0.1) is 6.92 Å². The van der Waals surface area contributed by atoms with E-state index in [2.05, 4.69) is 10.1 Å². The molecule has 1 heterocycles. The molecule has 0 radical (unpaired) electrons. The van der Waals surface area contributed by atoms with E-state index in [1.807, 2.05) is 84.9 Å². The quantitative estimate of drug-likeness (QED) is 0.153. The van der Waals surface area contributed by atoms with Crippen LogP contribution in [0.4, 0.5) is 0 Å². The van der Waals surface area contributed by atoms with Gasteiger partial charge in [-0.2, -0.15) is 0 Å². The molecule has 0 unspecified atom stereocenters. The van der Waals surface area contributed by atoms with Crippen molar-refractivity contribution in [1.29, 1.82) is 0 Å². The highest BCUT2D eigenvalue weighted by Gasteiger charge is 2.24. The van der Waals surface area contributed by atoms with Crippen LogP contribution in [0.5, 0.6) is 5.75 Å². The van der Waals surface area contributed by atoms with Crippen molar-refractivity contribution in [3.63, 3.8) is 0 Å². The molecular formula is C29H27N3O5. The van der Waals surface area contributed by atoms with Crippen LogP contribution in [0.15, 0.2) is 94.9 Å². The molecule has 37 heavy (non-hydrogen) atoms. The molecule has 8 nitrogen and oxygen atoms in total. The number of benzene rings is 3. The average Bonchev–Trinajstić information content (AvgIpc) is 2.94. The van der Waals surface area contributed by atoms with Gasteiger partial charge >= 0.3 is 5.97 Å². The van der Waals surface area contributed by atoms with Crippen LogP contribution >= 0.6 is 0 Å². The molecule has 0 spiro atoms. The summed E-state index contributed by atoms with van der Waals surface area (Å²) in [7, 11) is 0. The van der Waals surface area contributed by atoms with Gasteiger partial charge in [0.05, 0.1) is 13.2 Å². The van der Waals surface area contributed by atoms with Crippen molar-refractivity contribution in [2.24, 2.45) is 5.16 Å². The number of aromatic nitrogens is 2. The average molecular weight is 498 g/mol. The Bertz CT molecular complexity index is 1450. The van der Waals surface area contributed by atoms with Crippen molar-refractivity contribution in [2.75, 3.05) is 6.61 Å². The zero-order chi connectivity index (χ0) is 26.2. The van der Waals surface area contributed by atoms with Crippen molar-refractivity contribution in [2.45, 2.75) is 27.0 Å². The smallest absolute Gasteiger partial charge is 0.361 e. The molecular weight excluding hydrogens is 470 g/mol. The topological polar surface area (TPSA) is 103 Å². The first-order valence-electron chi connectivity index (χ1n) is 11.8. The van der Waals surface area contributed by atoms with Crippen molar-refractivity contribution in [1.82, 2.24) is 9.55 Å². The summed E-state index contributed by atoms with van der Waals surface area (Å²) in [5, 5.41) is 13.2. The van der Waals surface area contributed by atoms with E-state index in [4.69, 9.17) is 9.47 Å². The van der Waals surface area contributed by atoms with E-state index < -0.39 is 11.5 Å². The Labute approximate surface area is 214 Å². The lowest BCUT2D eigenvalue weighted by molar-refractivity contribution is 0.0512. The number of aryl methyl sites for hydroxylation is 1. The first-order chi connectivity index (χ1) is 18.0. The molecule has 0 aliphatic carbocycles. The van der Waals surface area contributed by atoms with Crippen molar-refractivity contribution < 1.29 is 19.5 Å². The van der Waals surface area contributed by atoms with E-state index in [0.29, 0.717) is 5.56 Å². The second-order valence-corrected chi connectivity index (χ2v) is 8.21. The van der Waals surface area contributed by atoms with E-state index in [1.54, 1.807) is 13.8 Å². The maximum atomic E-state index is 13.5. The molecule has 0 aliphatic heterocycles. The fourth-order valence-corrected chi connectivity index (χ4v) is 3.84. The number of carbonyl (C=O) groups is 1. The minimum Gasteiger partial charge on any atom is -0.481 e. The molecule has 8 heteroatoms. The number of nitrogens with zero attached hydrogens (tertiary/aromatic N) is 3. The van der Waals surface area contributed by atoms with Crippen LogP contribution in [0.1, 0.15) is 34.4 Å². The summed E-state index contributed by atoms with van der Waals surface area (Å²) in [6.45, 7) is 3.38. The summed E-state index contributed by atoms with van der Waals surface area (Å²) in [5.74, 6) is -0.711. The monoisotopic (exact) mass is 497 g/mol. The maximum absolute atomic E-state index is 13.5. The van der Waals surface area contributed by atoms with Gasteiger partial charge in [0.25, 0.3) is 5.56 Å². The first-order valence-corrected chi connectivity index (χ1v) is 11.8. The summed E-state index contributed by atoms with van der Waals surface area (Å²) in [6, 6.07) is 26.6. The normalized spacial score (nSPS) is 11.2. The number of hydrogen-bond acceptors (Lipinski definition) is 7. The molecule has 1 aromatic heterocycles. The van der Waals surface area contributed by atoms with Gasteiger partial charge in [-0.25, -0.2) is 9.78 Å². The van der Waals surface area contributed by atoms with E-state index in [1.165, 1.54) is 4.57 Å². The van der Waals surface area contributed by atoms with Crippen molar-refractivity contribution >= 4 is 11.7 Å². The third-order valence-corrected chi connectivity index (χ3v) is 5.77. The minimum absolute atomic E-state index is 0.0646. The number of ether oxygens (including phenoxy) is 2. The highest BCUT2D eigenvalue weighted by atomic mass is 16.5. The second kappa shape index (κ2) is 11.8. The Morgan fingerprint density at radius 1 is 0.946 bits per heavy atom. The van der Waals surface area contributed by atoms with Crippen LogP contribution < -0.4 is 10.3 Å². The van der Waals surface area contributed by atoms with Gasteiger partial charge in [-0.1, -0.05) is 90.1 Å². The highest BCUT2D eigenvalue weighted by Crippen LogP contribution is 2.20. The van der Waals surface area contributed by atoms with Gasteiger partial charge in [-0.15, -0.1) is 0 Å². The van der Waals surface area contributed by atoms with Crippen molar-refractivity contribution in [3.05, 3.63) is 118 Å². The van der Waals surface area contributed by atoms with Crippen molar-refractivity contribution in [3.8, 4) is 16.9 Å². The highest BCUT2D eigenvalue weighted by molar-refractivity contribution is 6.00. The summed E-state index contributed by atoms with van der Waals surface area (Å²) in [5.41, 5.74) is 3.01. The minimum atomic E-state index is -0.745. The van der Waals surface area contributed by atoms with Gasteiger partial charge in [0.2, 0.25) is 5.75 Å². The number of rotatable bonds is 9. The lowest BCUT2D eigenvalue weighted by Crippen LogP contribution is -2.31. The Hall–Kier alpha value is -4.72. The van der Waals surface area contributed by atoms with Crippen LogP contribution in [-0.2, 0) is 17.9 Å². The summed E-state index contributed by atoms with van der Waals surface area (Å²) in [6.07, 6.45) is 0. The fraction of sp³-hybridized carbons (Fsp3) is 0.172. The molecule has 0 atom stereocenters. The molecule has 4 rings (SSSR count). The number of carbonyl (C=O) groups excluding carboxylic acids is 1. The lowest BCUT2D eigenvalue weighted by Gasteiger charge is -2.16. The summed E-state index contributed by atoms with van der Waals surface area (Å²) >= 11 is 0. The molecule has 0 saturated carbocycles. The van der Waals surface area contributed by atoms with E-state index in [-0.39, 0.29) is 42.7 Å². The van der Waals surface area contributed by atoms with Gasteiger partial charge in [0.15, 0.2) is 5.69 Å². The van der Waals surface area contributed by atoms with E-state index >= 15 is 0 Å². The van der Waals surface area contributed by atoms with Crippen LogP contribution in [-0.4, -0.2) is 33.0 Å². The molecule has 0 saturated heterocycles. The third kappa shape index (κ3) is 5.92. The van der Waals surface area contributed by atoms with Gasteiger partial charge in [0, 0.05) is 5.56 Å². The van der Waals surface area contributed by atoms with Crippen LogP contribution in [0.3, 0.4) is 0 Å². The first kappa shape index (κ1) is 25.4. The van der Waals surface area contributed by atoms with Gasteiger partial charge in [-0.3, -0.25) is 9.36 Å². The van der Waals surface area contributed by atoms with E-state index in [0.717, 1.165) is 16.7 Å². The Morgan fingerprint density at radius 2 is 1.57 bits per heavy atom. The SMILES string of the molecule is CCOC(=O)c1nc(C)n(C/C(=N/O)c2ccc(-c3ccccc3)cc2)c(=O)c1OCc1ccccc1. The van der Waals surface area contributed by atoms with Gasteiger partial charge in [0.1, 0.15) is 18.1 Å². The van der Waals surface area contributed by atoms with Gasteiger partial charge < -0.3 is 14.7 Å². The maximum Gasteiger partial charge on any atom is 0.361 e. The molecule has 4 aromatic rings. The zero-order valence-electron chi connectivity index (χ0n) is 20.6. The molecule has 0 aliphatic rings. The van der Waals surface area contributed by atoms with Gasteiger partial charge in [-0.05, 0) is 30.5 Å². The summed E-state index contributed by atoms with van der Waals surface area (Å²) in [4.78, 5) is 30.4. The predicted molar refractivity (Wildman–Crippen MR) is 140 cm³/mol. The molecule has 188 valence electrons. The Morgan fingerprint density at radius 3 is 2.19 bits per heavy atom. The van der Waals surface area contributed by atoms with Crippen LogP contribution in [0.2, 0.25) is 0 Å². The number of hydrogen-bond donors (Lipinski definition) is 1. The predicted octanol–water partition coefficient (Wildman–Crippen LogP) is 4.85. The second-order valence-electron chi connectivity index (χ2n) is 8.21. The van der Waals surface area contributed by atoms with E-state index in [9.17, 15) is 14.8 Å². The van der Waals surface area contributed by atoms with Crippen LogP contribution in [0.25, 0.3) is 11.1 Å². The molecule has 0 amide bonds. The summed E-state index contributed by atoms with van der Waals surface area (Å²) < 4.78 is 12.2. The Balaban J connectivity index is 1.66. The molecule has 3 aromatic carbocycles. The third-order valence-electron chi connectivity index (χ3n) is 5.77. The molecule has 0 fully saturated rings. The molecule has 0 bridgehead atoms. The standard InChI is InChI=1S/C29H27N3O5/c1-3-36-29(34)26-27(37-19-21-10-6-4-7-11-21)28(33)32(20(2)30-26)18-25(31-35)24-16-14-23(15-17-24)22-12-8-5-9-13-22/h4-17,35H,3,18-19H2,1-2H3/b31-25-. The largest absolute Gasteiger partial charge is 0.481 e.